The van der Waals surface area contributed by atoms with Gasteiger partial charge >= 0.3 is 0 Å². The van der Waals surface area contributed by atoms with Gasteiger partial charge in [0.15, 0.2) is 0 Å². The molecular formula is C33H28N4O2S. The van der Waals surface area contributed by atoms with E-state index in [1.54, 1.807) is 36.4 Å². The second-order valence-corrected chi connectivity index (χ2v) is 10.7. The van der Waals surface area contributed by atoms with Gasteiger partial charge in [0.2, 0.25) is 0 Å². The molecule has 1 aliphatic heterocycles. The number of carbonyl (C=O) groups is 2. The van der Waals surface area contributed by atoms with Crippen molar-refractivity contribution in [3.05, 3.63) is 119 Å². The molecule has 7 heteroatoms. The van der Waals surface area contributed by atoms with Crippen molar-refractivity contribution in [3.8, 4) is 23.0 Å². The van der Waals surface area contributed by atoms with Crippen molar-refractivity contribution in [2.24, 2.45) is 0 Å². The van der Waals surface area contributed by atoms with Gasteiger partial charge in [-0.15, -0.1) is 11.8 Å². The second kappa shape index (κ2) is 11.6. The van der Waals surface area contributed by atoms with Gasteiger partial charge in [0, 0.05) is 27.8 Å². The molecule has 1 atom stereocenters. The fourth-order valence-corrected chi connectivity index (χ4v) is 5.46. The minimum atomic E-state index is -0.581. The number of hydrogen-bond donors (Lipinski definition) is 0. The van der Waals surface area contributed by atoms with E-state index in [1.807, 2.05) is 85.1 Å². The zero-order chi connectivity index (χ0) is 28.2. The molecule has 0 aliphatic carbocycles. The van der Waals surface area contributed by atoms with Gasteiger partial charge in [0.25, 0.3) is 11.8 Å². The lowest BCUT2D eigenvalue weighted by molar-refractivity contribution is -0.143. The molecule has 0 bridgehead atoms. The maximum Gasteiger partial charge on any atom is 0.272 e. The van der Waals surface area contributed by atoms with Crippen molar-refractivity contribution >= 4 is 29.7 Å². The molecule has 5 rings (SSSR count). The van der Waals surface area contributed by atoms with E-state index in [0.29, 0.717) is 22.4 Å². The highest BCUT2D eigenvalue weighted by Gasteiger charge is 2.38. The maximum atomic E-state index is 13.9. The van der Waals surface area contributed by atoms with Crippen LogP contribution in [0.5, 0.6) is 0 Å². The summed E-state index contributed by atoms with van der Waals surface area (Å²) in [6.07, 6.45) is 3.63. The third-order valence-corrected chi connectivity index (χ3v) is 7.84. The number of aromatic nitrogens is 2. The number of amides is 2. The topological polar surface area (TPSA) is 79.0 Å². The molecule has 0 fully saturated rings. The van der Waals surface area contributed by atoms with Crippen molar-refractivity contribution in [2.45, 2.75) is 31.7 Å². The average molecular weight is 545 g/mol. The van der Waals surface area contributed by atoms with Crippen molar-refractivity contribution in [1.29, 1.82) is 5.26 Å². The minimum Gasteiger partial charge on any atom is -0.269 e. The Kier molecular flexibility index (Phi) is 7.81. The smallest absolute Gasteiger partial charge is 0.269 e. The van der Waals surface area contributed by atoms with Gasteiger partial charge in [0.05, 0.1) is 17.4 Å². The van der Waals surface area contributed by atoms with Crippen LogP contribution < -0.4 is 0 Å². The summed E-state index contributed by atoms with van der Waals surface area (Å²) in [6, 6.07) is 28.8. The van der Waals surface area contributed by atoms with Gasteiger partial charge in [-0.25, -0.2) is 4.68 Å². The van der Waals surface area contributed by atoms with Crippen LogP contribution in [0.1, 0.15) is 37.9 Å². The maximum absolute atomic E-state index is 13.9. The first-order valence-electron chi connectivity index (χ1n) is 13.1. The van der Waals surface area contributed by atoms with Crippen LogP contribution in [0.25, 0.3) is 23.0 Å². The van der Waals surface area contributed by atoms with Crippen LogP contribution in [0.3, 0.4) is 0 Å². The van der Waals surface area contributed by atoms with Crippen molar-refractivity contribution in [3.63, 3.8) is 0 Å². The van der Waals surface area contributed by atoms with Gasteiger partial charge in [0.1, 0.15) is 11.6 Å². The molecule has 0 spiro atoms. The fraction of sp³-hybridized carbons (Fsp3) is 0.152. The first-order chi connectivity index (χ1) is 19.4. The summed E-state index contributed by atoms with van der Waals surface area (Å²) in [6.45, 7) is 5.57. The number of para-hydroxylation sites is 1. The third-order valence-electron chi connectivity index (χ3n) is 6.94. The number of carbonyl (C=O) groups excluding carboxylic acids is 2. The lowest BCUT2D eigenvalue weighted by atomic mass is 9.91. The molecule has 3 aromatic carbocycles. The molecule has 0 saturated carbocycles. The summed E-state index contributed by atoms with van der Waals surface area (Å²) in [4.78, 5) is 29.6. The van der Waals surface area contributed by atoms with Crippen molar-refractivity contribution < 1.29 is 9.59 Å². The van der Waals surface area contributed by atoms with Gasteiger partial charge in [-0.2, -0.15) is 10.4 Å². The summed E-state index contributed by atoms with van der Waals surface area (Å²) in [5.41, 5.74) is 4.62. The van der Waals surface area contributed by atoms with E-state index in [2.05, 4.69) is 19.1 Å². The Bertz CT molecular complexity index is 1660. The van der Waals surface area contributed by atoms with E-state index in [1.165, 1.54) is 4.90 Å². The molecule has 4 aromatic rings. The summed E-state index contributed by atoms with van der Waals surface area (Å²) in [5.74, 6) is -0.0427. The molecule has 0 saturated heterocycles. The van der Waals surface area contributed by atoms with E-state index in [0.717, 1.165) is 27.5 Å². The van der Waals surface area contributed by atoms with Gasteiger partial charge in [-0.05, 0) is 61.1 Å². The summed E-state index contributed by atoms with van der Waals surface area (Å²) in [5, 5.41) is 14.8. The zero-order valence-corrected chi connectivity index (χ0v) is 23.4. The van der Waals surface area contributed by atoms with E-state index < -0.39 is 17.9 Å². The number of imide groups is 1. The predicted octanol–water partition coefficient (Wildman–Crippen LogP) is 7.00. The van der Waals surface area contributed by atoms with Gasteiger partial charge < -0.3 is 0 Å². The Labute approximate surface area is 238 Å². The molecule has 0 radical (unpaired) electrons. The number of nitriles is 1. The molecule has 1 unspecified atom stereocenters. The van der Waals surface area contributed by atoms with E-state index in [-0.39, 0.29) is 5.57 Å². The van der Waals surface area contributed by atoms with Crippen LogP contribution in [0.15, 0.2) is 113 Å². The molecule has 1 aromatic heterocycles. The standard InChI is InChI=1S/C33H28N4O2S/c1-4-40-28-17-15-25(16-18-28)31-26(21-36(35-31)27-13-9-6-10-14-27)19-29-22(2)30(20-34)33(39)37(32(29)38)23(3)24-11-7-5-8-12-24/h5-19,21,23H,4H2,1-3H3/b29-19+. The molecule has 2 heterocycles. The predicted molar refractivity (Wildman–Crippen MR) is 158 cm³/mol. The number of thioether (sulfide) groups is 1. The molecule has 198 valence electrons. The first-order valence-corrected chi connectivity index (χ1v) is 14.1. The van der Waals surface area contributed by atoms with E-state index in [4.69, 9.17) is 5.10 Å². The Morgan fingerprint density at radius 1 is 0.950 bits per heavy atom. The van der Waals surface area contributed by atoms with Gasteiger partial charge in [-0.1, -0.05) is 67.6 Å². The van der Waals surface area contributed by atoms with Crippen LogP contribution in [-0.4, -0.2) is 32.2 Å². The van der Waals surface area contributed by atoms with Crippen molar-refractivity contribution in [1.82, 2.24) is 14.7 Å². The van der Waals surface area contributed by atoms with Crippen LogP contribution in [0.2, 0.25) is 0 Å². The average Bonchev–Trinajstić information content (AvgIpc) is 3.41. The number of benzene rings is 3. The van der Waals surface area contributed by atoms with E-state index in [9.17, 15) is 14.9 Å². The summed E-state index contributed by atoms with van der Waals surface area (Å²) < 4.78 is 1.78. The zero-order valence-electron chi connectivity index (χ0n) is 22.5. The normalized spacial score (nSPS) is 15.4. The highest BCUT2D eigenvalue weighted by molar-refractivity contribution is 7.99. The third kappa shape index (κ3) is 5.14. The van der Waals surface area contributed by atoms with Gasteiger partial charge in [-0.3, -0.25) is 14.5 Å². The molecule has 1 aliphatic rings. The van der Waals surface area contributed by atoms with E-state index >= 15 is 0 Å². The molecule has 0 N–H and O–H groups in total. The fourth-order valence-electron chi connectivity index (χ4n) is 4.79. The molecule has 40 heavy (non-hydrogen) atoms. The number of nitrogens with zero attached hydrogens (tertiary/aromatic N) is 4. The Balaban J connectivity index is 1.65. The second-order valence-electron chi connectivity index (χ2n) is 9.41. The quantitative estimate of drug-likeness (QED) is 0.142. The van der Waals surface area contributed by atoms with Crippen LogP contribution in [0, 0.1) is 11.3 Å². The van der Waals surface area contributed by atoms with Crippen LogP contribution in [-0.2, 0) is 9.59 Å². The monoisotopic (exact) mass is 544 g/mol. The first kappa shape index (κ1) is 26.9. The lowest BCUT2D eigenvalue weighted by Gasteiger charge is -2.32. The molecule has 6 nitrogen and oxygen atoms in total. The highest BCUT2D eigenvalue weighted by Crippen LogP contribution is 2.35. The Morgan fingerprint density at radius 2 is 1.60 bits per heavy atom. The number of hydrogen-bond acceptors (Lipinski definition) is 5. The lowest BCUT2D eigenvalue weighted by Crippen LogP contribution is -2.44. The number of rotatable bonds is 7. The summed E-state index contributed by atoms with van der Waals surface area (Å²) >= 11 is 1.76. The van der Waals surface area contributed by atoms with Crippen LogP contribution >= 0.6 is 11.8 Å². The Morgan fingerprint density at radius 3 is 2.23 bits per heavy atom. The Hall–Kier alpha value is -4.67. The SMILES string of the molecule is CCSc1ccc(-c2nn(-c3ccccc3)cc2/C=C2/C(=O)N(C(C)c3ccccc3)C(=O)C(C#N)=C2C)cc1. The largest absolute Gasteiger partial charge is 0.272 e. The highest BCUT2D eigenvalue weighted by atomic mass is 32.2. The van der Waals surface area contributed by atoms with Crippen LogP contribution in [0.4, 0.5) is 0 Å². The molecular weight excluding hydrogens is 516 g/mol. The van der Waals surface area contributed by atoms with Crippen molar-refractivity contribution in [2.75, 3.05) is 5.75 Å². The minimum absolute atomic E-state index is 0.0356. The summed E-state index contributed by atoms with van der Waals surface area (Å²) in [7, 11) is 0. The molecule has 2 amide bonds.